The first kappa shape index (κ1) is 58.4. The van der Waals surface area contributed by atoms with Crippen LogP contribution in [0.15, 0.2) is 315 Å². The average molecular weight is 1290 g/mol. The van der Waals surface area contributed by atoms with Crippen molar-refractivity contribution < 1.29 is 17.7 Å². The molecule has 100 heavy (non-hydrogen) atoms. The van der Waals surface area contributed by atoms with E-state index < -0.39 is 0 Å². The van der Waals surface area contributed by atoms with Crippen LogP contribution in [0.1, 0.15) is 0 Å². The number of fused-ring (bicyclic) bond motifs is 5. The lowest BCUT2D eigenvalue weighted by atomic mass is 10.0. The molecule has 0 atom stereocenters. The summed E-state index contributed by atoms with van der Waals surface area (Å²) < 4.78 is 24.8. The molecule has 0 N–H and O–H groups in total. The van der Waals surface area contributed by atoms with Crippen molar-refractivity contribution in [1.82, 2.24) is 64.8 Å². The number of hydrogen-bond donors (Lipinski definition) is 0. The Morgan fingerprint density at radius 3 is 1.15 bits per heavy atom. The highest BCUT2D eigenvalue weighted by Gasteiger charge is 2.21. The zero-order valence-electron chi connectivity index (χ0n) is 52.7. The Bertz CT molecular complexity index is 6090. The summed E-state index contributed by atoms with van der Waals surface area (Å²) in [6.07, 6.45) is 5.09. The van der Waals surface area contributed by atoms with Crippen LogP contribution in [0.3, 0.4) is 0 Å². The van der Waals surface area contributed by atoms with Gasteiger partial charge < -0.3 is 17.7 Å². The monoisotopic (exact) mass is 1290 g/mol. The summed E-state index contributed by atoms with van der Waals surface area (Å²) in [7, 11) is 0. The Balaban J connectivity index is 0.000000145. The smallest absolute Gasteiger partial charge is 0.227 e. The van der Waals surface area contributed by atoms with Crippen molar-refractivity contribution in [3.05, 3.63) is 298 Å². The van der Waals surface area contributed by atoms with Gasteiger partial charge in [0.05, 0.1) is 5.69 Å². The zero-order chi connectivity index (χ0) is 66.3. The molecule has 17 heteroatoms. The normalized spacial score (nSPS) is 11.4. The summed E-state index contributed by atoms with van der Waals surface area (Å²) in [5.41, 5.74) is 17.4. The Labute approximate surface area is 569 Å². The summed E-state index contributed by atoms with van der Waals surface area (Å²) in [5.74, 6) is 5.13. The number of aromatic nitrogens is 13. The SMILES string of the molecule is c1ccc(-c2cccc(-c3nc(-c4ccc5oc(-c6ccccc6)nc5c4)nc(-c4ccc5nc(-c6ccccc6)oc5c4)n3)n2)cc1.c1ccc(-c2nc3ccc(-c4nc(-c5ccc(-c6cncnc6)cc5)nc(-c5ccc6nc(-c7cccc8ccccc78)oc6c5)n4)cc3o2)cc1. The standard InChI is InChI=1S/C43H25N7O2.C40H24N6O2/c1-2-8-29(9-3-1)42-46-35-19-17-30(21-37(35)51-42)40-48-39(28-15-13-26(14-16-28)32-23-44-25-45-24-32)49-41(50-40)31-18-20-36-38(22-31)52-43(47-36)34-12-6-10-27-7-4-5-11-33(27)34;1-4-11-25(12-5-1)30-17-10-18-32(41-30)38-45-36(28-20-22-34-33(23-28)43-40(47-34)27-15-8-3-9-16-27)44-37(46-38)29-19-21-31-35(24-29)48-39(42-31)26-13-6-2-7-14-26/h1-25H;1-24H. The van der Waals surface area contributed by atoms with Crippen LogP contribution in [-0.4, -0.2) is 64.8 Å². The molecule has 0 spiro atoms. The molecule has 19 aromatic rings. The first-order valence-corrected chi connectivity index (χ1v) is 32.1. The van der Waals surface area contributed by atoms with Gasteiger partial charge in [0.15, 0.2) is 57.3 Å². The lowest BCUT2D eigenvalue weighted by Gasteiger charge is -2.09. The van der Waals surface area contributed by atoms with Crippen molar-refractivity contribution in [2.75, 3.05) is 0 Å². The molecule has 0 unspecified atom stereocenters. The third kappa shape index (κ3) is 11.6. The molecule has 0 saturated heterocycles. The minimum absolute atomic E-state index is 0.445. The van der Waals surface area contributed by atoms with E-state index >= 15 is 0 Å². The quantitative estimate of drug-likeness (QED) is 0.111. The van der Waals surface area contributed by atoms with E-state index in [9.17, 15) is 0 Å². The number of oxazole rings is 4. The molecule has 0 aliphatic rings. The van der Waals surface area contributed by atoms with Gasteiger partial charge in [0.1, 0.15) is 34.1 Å². The lowest BCUT2D eigenvalue weighted by molar-refractivity contribution is 0.619. The molecule has 8 aromatic heterocycles. The van der Waals surface area contributed by atoms with Gasteiger partial charge in [-0.05, 0) is 144 Å². The average Bonchev–Trinajstić information content (AvgIpc) is 1.54. The summed E-state index contributed by atoms with van der Waals surface area (Å²) >= 11 is 0. The maximum absolute atomic E-state index is 6.38. The Morgan fingerprint density at radius 1 is 0.210 bits per heavy atom. The van der Waals surface area contributed by atoms with Crippen LogP contribution in [0.5, 0.6) is 0 Å². The Kier molecular flexibility index (Phi) is 14.7. The number of hydrogen-bond acceptors (Lipinski definition) is 17. The first-order valence-electron chi connectivity index (χ1n) is 32.1. The van der Waals surface area contributed by atoms with Crippen LogP contribution in [0.25, 0.3) is 192 Å². The van der Waals surface area contributed by atoms with Crippen molar-refractivity contribution in [2.45, 2.75) is 0 Å². The molecule has 8 heterocycles. The first-order chi connectivity index (χ1) is 49.4. The fourth-order valence-corrected chi connectivity index (χ4v) is 12.0. The second kappa shape index (κ2) is 25.2. The summed E-state index contributed by atoms with van der Waals surface area (Å²) in [5, 5.41) is 2.20. The van der Waals surface area contributed by atoms with E-state index in [1.165, 1.54) is 6.33 Å². The van der Waals surface area contributed by atoms with Crippen molar-refractivity contribution in [2.24, 2.45) is 0 Å². The minimum atomic E-state index is 0.445. The van der Waals surface area contributed by atoms with Crippen LogP contribution in [0.4, 0.5) is 0 Å². The predicted octanol–water partition coefficient (Wildman–Crippen LogP) is 19.7. The molecular formula is C83H49N13O4. The van der Waals surface area contributed by atoms with Gasteiger partial charge in [0.25, 0.3) is 0 Å². The van der Waals surface area contributed by atoms with Gasteiger partial charge in [-0.1, -0.05) is 152 Å². The Hall–Kier alpha value is -14.2. The molecule has 0 aliphatic heterocycles. The highest BCUT2D eigenvalue weighted by Crippen LogP contribution is 2.37. The molecule has 17 nitrogen and oxygen atoms in total. The van der Waals surface area contributed by atoms with E-state index in [4.69, 9.17) is 72.5 Å². The third-order valence-electron chi connectivity index (χ3n) is 17.0. The lowest BCUT2D eigenvalue weighted by Crippen LogP contribution is -2.01. The summed E-state index contributed by atoms with van der Waals surface area (Å²) in [4.78, 5) is 62.0. The Morgan fingerprint density at radius 2 is 0.600 bits per heavy atom. The maximum atomic E-state index is 6.38. The van der Waals surface area contributed by atoms with Gasteiger partial charge in [-0.2, -0.15) is 0 Å². The highest BCUT2D eigenvalue weighted by atomic mass is 16.4. The van der Waals surface area contributed by atoms with Crippen molar-refractivity contribution in [1.29, 1.82) is 0 Å². The second-order valence-corrected chi connectivity index (χ2v) is 23.5. The summed E-state index contributed by atoms with van der Waals surface area (Å²) in [6.45, 7) is 0. The van der Waals surface area contributed by atoms with Crippen molar-refractivity contribution >= 4 is 55.2 Å². The van der Waals surface area contributed by atoms with Crippen LogP contribution in [-0.2, 0) is 0 Å². The second-order valence-electron chi connectivity index (χ2n) is 23.5. The number of pyridine rings is 1. The molecular weight excluding hydrogens is 1240 g/mol. The van der Waals surface area contributed by atoms with Crippen LogP contribution in [0, 0.1) is 0 Å². The molecule has 0 radical (unpaired) electrons. The van der Waals surface area contributed by atoms with Crippen LogP contribution in [0.2, 0.25) is 0 Å². The maximum Gasteiger partial charge on any atom is 0.227 e. The molecule has 0 saturated carbocycles. The largest absolute Gasteiger partial charge is 0.436 e. The van der Waals surface area contributed by atoms with E-state index in [1.807, 2.05) is 261 Å². The highest BCUT2D eigenvalue weighted by molar-refractivity contribution is 5.96. The molecule has 19 rings (SSSR count). The van der Waals surface area contributed by atoms with Gasteiger partial charge in [-0.3, -0.25) is 0 Å². The number of rotatable bonds is 12. The molecule has 470 valence electrons. The zero-order valence-corrected chi connectivity index (χ0v) is 52.7. The van der Waals surface area contributed by atoms with Crippen LogP contribution >= 0.6 is 0 Å². The molecule has 0 amide bonds. The van der Waals surface area contributed by atoms with E-state index in [2.05, 4.69) is 28.2 Å². The molecule has 0 bridgehead atoms. The van der Waals surface area contributed by atoms with E-state index in [1.54, 1.807) is 12.4 Å². The predicted molar refractivity (Wildman–Crippen MR) is 386 cm³/mol. The minimum Gasteiger partial charge on any atom is -0.436 e. The van der Waals surface area contributed by atoms with Gasteiger partial charge >= 0.3 is 0 Å². The van der Waals surface area contributed by atoms with E-state index in [-0.39, 0.29) is 0 Å². The summed E-state index contributed by atoms with van der Waals surface area (Å²) in [6, 6.07) is 91.0. The van der Waals surface area contributed by atoms with Gasteiger partial charge in [0.2, 0.25) is 23.6 Å². The number of nitrogens with zero attached hydrogens (tertiary/aromatic N) is 13. The van der Waals surface area contributed by atoms with E-state index in [0.29, 0.717) is 92.1 Å². The topological polar surface area (TPSA) is 220 Å². The van der Waals surface area contributed by atoms with E-state index in [0.717, 1.165) is 99.8 Å². The number of benzene rings is 11. The van der Waals surface area contributed by atoms with Crippen LogP contribution < -0.4 is 0 Å². The molecule has 11 aromatic carbocycles. The third-order valence-corrected chi connectivity index (χ3v) is 17.0. The van der Waals surface area contributed by atoms with Crippen molar-refractivity contribution in [3.8, 4) is 137 Å². The van der Waals surface area contributed by atoms with Gasteiger partial charge in [-0.15, -0.1) is 0 Å². The van der Waals surface area contributed by atoms with Crippen molar-refractivity contribution in [3.63, 3.8) is 0 Å². The fourth-order valence-electron chi connectivity index (χ4n) is 12.0. The molecule has 0 fully saturated rings. The fraction of sp³-hybridized carbons (Fsp3) is 0. The van der Waals surface area contributed by atoms with Gasteiger partial charge in [0, 0.05) is 73.6 Å². The molecule has 0 aliphatic carbocycles. The van der Waals surface area contributed by atoms with Gasteiger partial charge in [-0.25, -0.2) is 64.8 Å².